The van der Waals surface area contributed by atoms with E-state index in [0.29, 0.717) is 11.3 Å². The Morgan fingerprint density at radius 1 is 1.17 bits per heavy atom. The van der Waals surface area contributed by atoms with Crippen molar-refractivity contribution < 1.29 is 0 Å². The third-order valence-corrected chi connectivity index (χ3v) is 5.12. The molecule has 0 spiro atoms. The van der Waals surface area contributed by atoms with Crippen molar-refractivity contribution in [2.24, 2.45) is 11.3 Å². The molecule has 0 aromatic heterocycles. The van der Waals surface area contributed by atoms with E-state index in [1.807, 2.05) is 0 Å². The number of hydrogen-bond donors (Lipinski definition) is 0. The van der Waals surface area contributed by atoms with Crippen LogP contribution in [0.15, 0.2) is 48.1 Å². The van der Waals surface area contributed by atoms with E-state index in [1.165, 1.54) is 51.4 Å². The maximum Gasteiger partial charge on any atom is 0.0157 e. The fourth-order valence-corrected chi connectivity index (χ4v) is 3.86. The smallest absolute Gasteiger partial charge is 0.0157 e. The van der Waals surface area contributed by atoms with Crippen molar-refractivity contribution in [3.05, 3.63) is 48.1 Å². The molecule has 18 heavy (non-hydrogen) atoms. The molecule has 0 heteroatoms. The average Bonchev–Trinajstić information content (AvgIpc) is 3.01. The maximum absolute atomic E-state index is 4.05. The van der Waals surface area contributed by atoms with Crippen LogP contribution in [-0.4, -0.2) is 0 Å². The molecule has 0 saturated heterocycles. The molecule has 3 rings (SSSR count). The number of hydrogen-bond acceptors (Lipinski definition) is 0. The van der Waals surface area contributed by atoms with Gasteiger partial charge >= 0.3 is 0 Å². The van der Waals surface area contributed by atoms with Crippen molar-refractivity contribution >= 4 is 0 Å². The molecule has 0 radical (unpaired) electrons. The molecule has 0 heterocycles. The molecule has 0 aromatic rings. The SMILES string of the molecule is C=CC1CCC1(C=CC1=CCCC1)C1=CCCC1. The molecular weight excluding hydrogens is 216 g/mol. The standard InChI is InChI=1S/C18H24/c1-2-16-12-14-18(16,17-9-5-6-10-17)13-11-15-7-3-4-8-15/h2,7,9,11,13,16H,1,3-6,8,10,12,14H2. The Morgan fingerprint density at radius 3 is 2.56 bits per heavy atom. The summed E-state index contributed by atoms with van der Waals surface area (Å²) < 4.78 is 0. The van der Waals surface area contributed by atoms with E-state index in [0.717, 1.165) is 0 Å². The first kappa shape index (κ1) is 12.0. The van der Waals surface area contributed by atoms with Crippen LogP contribution in [0.1, 0.15) is 51.4 Å². The minimum Gasteiger partial charge on any atom is -0.103 e. The van der Waals surface area contributed by atoms with E-state index >= 15 is 0 Å². The van der Waals surface area contributed by atoms with Gasteiger partial charge in [0, 0.05) is 5.41 Å². The molecule has 0 aromatic carbocycles. The van der Waals surface area contributed by atoms with Gasteiger partial charge in [-0.3, -0.25) is 0 Å². The van der Waals surface area contributed by atoms with Gasteiger partial charge in [-0.15, -0.1) is 6.58 Å². The fraction of sp³-hybridized carbons (Fsp3) is 0.556. The lowest BCUT2D eigenvalue weighted by Gasteiger charge is -2.48. The van der Waals surface area contributed by atoms with Gasteiger partial charge in [0.1, 0.15) is 0 Å². The van der Waals surface area contributed by atoms with Crippen molar-refractivity contribution in [3.63, 3.8) is 0 Å². The second-order valence-corrected chi connectivity index (χ2v) is 6.05. The van der Waals surface area contributed by atoms with Gasteiger partial charge in [-0.1, -0.05) is 41.5 Å². The fourth-order valence-electron chi connectivity index (χ4n) is 3.86. The summed E-state index contributed by atoms with van der Waals surface area (Å²) in [7, 11) is 0. The molecule has 2 atom stereocenters. The van der Waals surface area contributed by atoms with Crippen molar-refractivity contribution in [1.82, 2.24) is 0 Å². The molecule has 96 valence electrons. The van der Waals surface area contributed by atoms with Crippen molar-refractivity contribution in [1.29, 1.82) is 0 Å². The molecule has 0 N–H and O–H groups in total. The highest BCUT2D eigenvalue weighted by molar-refractivity contribution is 5.35. The van der Waals surface area contributed by atoms with Gasteiger partial charge in [0.15, 0.2) is 0 Å². The molecule has 3 aliphatic carbocycles. The largest absolute Gasteiger partial charge is 0.103 e. The summed E-state index contributed by atoms with van der Waals surface area (Å²) >= 11 is 0. The van der Waals surface area contributed by atoms with E-state index in [2.05, 4.69) is 37.0 Å². The zero-order valence-electron chi connectivity index (χ0n) is 11.3. The zero-order chi connectivity index (χ0) is 12.4. The van der Waals surface area contributed by atoms with Gasteiger partial charge in [0.05, 0.1) is 0 Å². The van der Waals surface area contributed by atoms with Crippen LogP contribution in [0, 0.1) is 11.3 Å². The Kier molecular flexibility index (Phi) is 3.28. The van der Waals surface area contributed by atoms with Gasteiger partial charge < -0.3 is 0 Å². The molecule has 3 aliphatic rings. The summed E-state index contributed by atoms with van der Waals surface area (Å²) in [5, 5.41) is 0. The lowest BCUT2D eigenvalue weighted by atomic mass is 9.56. The van der Waals surface area contributed by atoms with E-state index in [4.69, 9.17) is 0 Å². The molecule has 1 fully saturated rings. The summed E-state index contributed by atoms with van der Waals surface area (Å²) in [5.74, 6) is 0.681. The Labute approximate surface area is 111 Å². The van der Waals surface area contributed by atoms with Crippen LogP contribution < -0.4 is 0 Å². The molecule has 0 nitrogen and oxygen atoms in total. The number of rotatable bonds is 4. The summed E-state index contributed by atoms with van der Waals surface area (Å²) in [5.41, 5.74) is 3.61. The minimum absolute atomic E-state index is 0.349. The number of allylic oxidation sites excluding steroid dienone is 7. The summed E-state index contributed by atoms with van der Waals surface area (Å²) in [6.07, 6.45) is 22.6. The van der Waals surface area contributed by atoms with Crippen LogP contribution >= 0.6 is 0 Å². The van der Waals surface area contributed by atoms with Crippen molar-refractivity contribution in [2.75, 3.05) is 0 Å². The maximum atomic E-state index is 4.05. The first-order valence-corrected chi connectivity index (χ1v) is 7.55. The highest BCUT2D eigenvalue weighted by Gasteiger charge is 2.45. The lowest BCUT2D eigenvalue weighted by molar-refractivity contribution is 0.170. The predicted octanol–water partition coefficient (Wildman–Crippen LogP) is 5.35. The third kappa shape index (κ3) is 1.92. The van der Waals surface area contributed by atoms with Crippen LogP contribution in [0.3, 0.4) is 0 Å². The molecular formula is C18H24. The Bertz CT molecular complexity index is 421. The Hall–Kier alpha value is -1.04. The van der Waals surface area contributed by atoms with Gasteiger partial charge in [-0.05, 0) is 57.3 Å². The van der Waals surface area contributed by atoms with Crippen LogP contribution in [0.2, 0.25) is 0 Å². The van der Waals surface area contributed by atoms with Gasteiger partial charge in [-0.2, -0.15) is 0 Å². The van der Waals surface area contributed by atoms with Crippen LogP contribution in [0.4, 0.5) is 0 Å². The summed E-state index contributed by atoms with van der Waals surface area (Å²) in [6, 6.07) is 0. The lowest BCUT2D eigenvalue weighted by Crippen LogP contribution is -2.38. The quantitative estimate of drug-likeness (QED) is 0.581. The minimum atomic E-state index is 0.349. The van der Waals surface area contributed by atoms with E-state index in [9.17, 15) is 0 Å². The van der Waals surface area contributed by atoms with Crippen LogP contribution in [0.25, 0.3) is 0 Å². The highest BCUT2D eigenvalue weighted by atomic mass is 14.5. The Morgan fingerprint density at radius 2 is 2.00 bits per heavy atom. The monoisotopic (exact) mass is 240 g/mol. The third-order valence-electron chi connectivity index (χ3n) is 5.12. The molecule has 0 aliphatic heterocycles. The van der Waals surface area contributed by atoms with Crippen LogP contribution in [-0.2, 0) is 0 Å². The first-order valence-electron chi connectivity index (χ1n) is 7.55. The van der Waals surface area contributed by atoms with E-state index in [1.54, 1.807) is 11.1 Å². The first-order chi connectivity index (χ1) is 8.85. The molecule has 0 amide bonds. The zero-order valence-corrected chi connectivity index (χ0v) is 11.3. The summed E-state index contributed by atoms with van der Waals surface area (Å²) in [6.45, 7) is 4.05. The average molecular weight is 240 g/mol. The van der Waals surface area contributed by atoms with Crippen LogP contribution in [0.5, 0.6) is 0 Å². The second kappa shape index (κ2) is 4.91. The van der Waals surface area contributed by atoms with Gasteiger partial charge in [-0.25, -0.2) is 0 Å². The molecule has 2 unspecified atom stereocenters. The normalized spacial score (nSPS) is 35.4. The van der Waals surface area contributed by atoms with Crippen molar-refractivity contribution in [2.45, 2.75) is 51.4 Å². The second-order valence-electron chi connectivity index (χ2n) is 6.05. The van der Waals surface area contributed by atoms with Gasteiger partial charge in [0.25, 0.3) is 0 Å². The topological polar surface area (TPSA) is 0 Å². The Balaban J connectivity index is 1.83. The highest BCUT2D eigenvalue weighted by Crippen LogP contribution is 2.56. The predicted molar refractivity (Wildman–Crippen MR) is 78.4 cm³/mol. The molecule has 1 saturated carbocycles. The van der Waals surface area contributed by atoms with Crippen molar-refractivity contribution in [3.8, 4) is 0 Å². The van der Waals surface area contributed by atoms with E-state index in [-0.39, 0.29) is 0 Å². The molecule has 0 bridgehead atoms. The van der Waals surface area contributed by atoms with Gasteiger partial charge in [0.2, 0.25) is 0 Å². The summed E-state index contributed by atoms with van der Waals surface area (Å²) in [4.78, 5) is 0. The van der Waals surface area contributed by atoms with E-state index < -0.39 is 0 Å².